The number of rotatable bonds is 3. The molecule has 1 rings (SSSR count). The molecular formula is C10H13N3O3. The van der Waals surface area contributed by atoms with E-state index >= 15 is 0 Å². The highest BCUT2D eigenvalue weighted by Crippen LogP contribution is 2.02. The van der Waals surface area contributed by atoms with Crippen LogP contribution >= 0.6 is 0 Å². The number of hydrogen-bond acceptors (Lipinski definition) is 4. The molecule has 0 aliphatic rings. The topological polar surface area (TPSA) is 98.9 Å². The third-order valence-electron chi connectivity index (χ3n) is 2.28. The zero-order chi connectivity index (χ0) is 12.3. The summed E-state index contributed by atoms with van der Waals surface area (Å²) in [6, 6.07) is 1.68. The molecule has 16 heavy (non-hydrogen) atoms. The summed E-state index contributed by atoms with van der Waals surface area (Å²) in [7, 11) is 0. The van der Waals surface area contributed by atoms with Gasteiger partial charge in [-0.15, -0.1) is 0 Å². The average Bonchev–Trinajstić information content (AvgIpc) is 2.21. The summed E-state index contributed by atoms with van der Waals surface area (Å²) in [5.74, 6) is -0.00985. The Labute approximate surface area is 91.8 Å². The fraction of sp³-hybridized carbons (Fsp3) is 0.500. The van der Waals surface area contributed by atoms with Gasteiger partial charge in [0.15, 0.2) is 0 Å². The number of nitrogens with one attached hydrogen (secondary N) is 1. The number of aromatic nitrogens is 2. The smallest absolute Gasteiger partial charge is 0.328 e. The molecule has 0 radical (unpaired) electrons. The zero-order valence-electron chi connectivity index (χ0n) is 9.10. The second-order valence-corrected chi connectivity index (χ2v) is 3.88. The van der Waals surface area contributed by atoms with Crippen molar-refractivity contribution in [2.45, 2.75) is 26.5 Å². The molecule has 86 valence electrons. The van der Waals surface area contributed by atoms with Crippen molar-refractivity contribution in [2.75, 3.05) is 0 Å². The van der Waals surface area contributed by atoms with E-state index in [4.69, 9.17) is 5.26 Å². The minimum absolute atomic E-state index is 0.00985. The number of aliphatic hydroxyl groups is 1. The Bertz CT molecular complexity index is 521. The quantitative estimate of drug-likeness (QED) is 0.716. The number of aliphatic hydroxyl groups excluding tert-OH is 1. The van der Waals surface area contributed by atoms with Crippen LogP contribution in [-0.2, 0) is 6.54 Å². The maximum absolute atomic E-state index is 11.4. The Balaban J connectivity index is 3.12. The van der Waals surface area contributed by atoms with Gasteiger partial charge in [-0.05, 0) is 5.92 Å². The third kappa shape index (κ3) is 2.58. The molecule has 0 bridgehead atoms. The molecule has 0 saturated carbocycles. The van der Waals surface area contributed by atoms with Gasteiger partial charge in [-0.25, -0.2) is 4.79 Å². The van der Waals surface area contributed by atoms with Gasteiger partial charge in [0, 0.05) is 6.20 Å². The summed E-state index contributed by atoms with van der Waals surface area (Å²) in [5.41, 5.74) is -1.47. The van der Waals surface area contributed by atoms with E-state index in [-0.39, 0.29) is 18.0 Å². The van der Waals surface area contributed by atoms with Gasteiger partial charge >= 0.3 is 5.69 Å². The van der Waals surface area contributed by atoms with E-state index in [0.29, 0.717) is 0 Å². The Hall–Kier alpha value is -1.87. The van der Waals surface area contributed by atoms with Gasteiger partial charge in [0.1, 0.15) is 11.6 Å². The summed E-state index contributed by atoms with van der Waals surface area (Å²) < 4.78 is 1.13. The van der Waals surface area contributed by atoms with Gasteiger partial charge in [0.25, 0.3) is 5.56 Å². The van der Waals surface area contributed by atoms with Gasteiger partial charge in [-0.1, -0.05) is 13.8 Å². The Morgan fingerprint density at radius 2 is 2.19 bits per heavy atom. The van der Waals surface area contributed by atoms with Crippen molar-refractivity contribution in [3.8, 4) is 6.07 Å². The Morgan fingerprint density at radius 1 is 1.56 bits per heavy atom. The van der Waals surface area contributed by atoms with Gasteiger partial charge < -0.3 is 5.11 Å². The minimum atomic E-state index is -0.706. The van der Waals surface area contributed by atoms with Gasteiger partial charge in [0.05, 0.1) is 12.6 Å². The maximum atomic E-state index is 11.4. The molecule has 1 atom stereocenters. The highest BCUT2D eigenvalue weighted by molar-refractivity contribution is 5.21. The van der Waals surface area contributed by atoms with Crippen LogP contribution in [-0.4, -0.2) is 20.8 Å². The van der Waals surface area contributed by atoms with Crippen LogP contribution in [0.5, 0.6) is 0 Å². The lowest BCUT2D eigenvalue weighted by molar-refractivity contribution is 0.105. The predicted octanol–water partition coefficient (Wildman–Crippen LogP) is -0.575. The first kappa shape index (κ1) is 12.2. The number of H-pyrrole nitrogens is 1. The van der Waals surface area contributed by atoms with Crippen LogP contribution < -0.4 is 11.2 Å². The van der Waals surface area contributed by atoms with E-state index in [0.717, 1.165) is 10.8 Å². The standard InChI is InChI=1S/C10H13N3O3/c1-6(2)8(14)5-13-4-7(3-11)9(15)12-10(13)16/h4,6,8,14H,5H2,1-2H3,(H,12,15,16). The fourth-order valence-electron chi connectivity index (χ4n) is 1.14. The highest BCUT2D eigenvalue weighted by atomic mass is 16.3. The molecule has 2 N–H and O–H groups in total. The lowest BCUT2D eigenvalue weighted by Gasteiger charge is -2.15. The molecule has 0 aliphatic carbocycles. The molecule has 0 aromatic carbocycles. The summed E-state index contributed by atoms with van der Waals surface area (Å²) in [6.45, 7) is 3.68. The van der Waals surface area contributed by atoms with Crippen LogP contribution in [0.3, 0.4) is 0 Å². The molecule has 0 saturated heterocycles. The van der Waals surface area contributed by atoms with Gasteiger partial charge in [-0.3, -0.25) is 14.3 Å². The predicted molar refractivity (Wildman–Crippen MR) is 56.9 cm³/mol. The summed E-state index contributed by atoms with van der Waals surface area (Å²) in [6.07, 6.45) is 0.461. The SMILES string of the molecule is CC(C)C(O)Cn1cc(C#N)c(=O)[nH]c1=O. The summed E-state index contributed by atoms with van der Waals surface area (Å²) in [4.78, 5) is 24.5. The molecule has 1 unspecified atom stereocenters. The largest absolute Gasteiger partial charge is 0.391 e. The summed E-state index contributed by atoms with van der Waals surface area (Å²) in [5, 5.41) is 18.2. The molecule has 0 aliphatic heterocycles. The van der Waals surface area contributed by atoms with E-state index in [1.165, 1.54) is 0 Å². The maximum Gasteiger partial charge on any atom is 0.328 e. The van der Waals surface area contributed by atoms with Gasteiger partial charge in [0.2, 0.25) is 0 Å². The van der Waals surface area contributed by atoms with Crippen LogP contribution in [0.4, 0.5) is 0 Å². The second kappa shape index (κ2) is 4.77. The molecule has 1 heterocycles. The van der Waals surface area contributed by atoms with Crippen molar-refractivity contribution in [1.82, 2.24) is 9.55 Å². The minimum Gasteiger partial charge on any atom is -0.391 e. The lowest BCUT2D eigenvalue weighted by Crippen LogP contribution is -2.35. The highest BCUT2D eigenvalue weighted by Gasteiger charge is 2.12. The molecule has 1 aromatic rings. The van der Waals surface area contributed by atoms with E-state index in [1.54, 1.807) is 6.07 Å². The van der Waals surface area contributed by atoms with Crippen LogP contribution in [0.2, 0.25) is 0 Å². The molecule has 1 aromatic heterocycles. The van der Waals surface area contributed by atoms with Crippen LogP contribution in [0.25, 0.3) is 0 Å². The molecule has 6 heteroatoms. The average molecular weight is 223 g/mol. The number of nitrogens with zero attached hydrogens (tertiary/aromatic N) is 2. The first-order valence-corrected chi connectivity index (χ1v) is 4.87. The number of aromatic amines is 1. The van der Waals surface area contributed by atoms with Crippen molar-refractivity contribution >= 4 is 0 Å². The molecule has 0 fully saturated rings. The van der Waals surface area contributed by atoms with Crippen LogP contribution in [0.1, 0.15) is 19.4 Å². The first-order chi connectivity index (χ1) is 7.45. The first-order valence-electron chi connectivity index (χ1n) is 4.87. The Morgan fingerprint density at radius 3 is 2.69 bits per heavy atom. The van der Waals surface area contributed by atoms with E-state index < -0.39 is 17.4 Å². The fourth-order valence-corrected chi connectivity index (χ4v) is 1.14. The monoisotopic (exact) mass is 223 g/mol. The van der Waals surface area contributed by atoms with Crippen LogP contribution in [0, 0.1) is 17.2 Å². The Kier molecular flexibility index (Phi) is 3.64. The normalized spacial score (nSPS) is 12.4. The van der Waals surface area contributed by atoms with E-state index in [1.807, 2.05) is 18.8 Å². The van der Waals surface area contributed by atoms with Crippen molar-refractivity contribution in [3.05, 3.63) is 32.6 Å². The second-order valence-electron chi connectivity index (χ2n) is 3.88. The van der Waals surface area contributed by atoms with Crippen molar-refractivity contribution in [3.63, 3.8) is 0 Å². The third-order valence-corrected chi connectivity index (χ3v) is 2.28. The molecular weight excluding hydrogens is 210 g/mol. The van der Waals surface area contributed by atoms with E-state index in [9.17, 15) is 14.7 Å². The molecule has 0 amide bonds. The summed E-state index contributed by atoms with van der Waals surface area (Å²) >= 11 is 0. The number of hydrogen-bond donors (Lipinski definition) is 2. The van der Waals surface area contributed by atoms with E-state index in [2.05, 4.69) is 0 Å². The molecule has 6 nitrogen and oxygen atoms in total. The molecule has 0 spiro atoms. The van der Waals surface area contributed by atoms with Crippen LogP contribution in [0.15, 0.2) is 15.8 Å². The van der Waals surface area contributed by atoms with Gasteiger partial charge in [-0.2, -0.15) is 5.26 Å². The van der Waals surface area contributed by atoms with Crippen molar-refractivity contribution in [1.29, 1.82) is 5.26 Å². The van der Waals surface area contributed by atoms with Crippen molar-refractivity contribution < 1.29 is 5.11 Å². The van der Waals surface area contributed by atoms with Crippen molar-refractivity contribution in [2.24, 2.45) is 5.92 Å². The lowest BCUT2D eigenvalue weighted by atomic mass is 10.1. The zero-order valence-corrected chi connectivity index (χ0v) is 9.10. The number of nitriles is 1.